The Morgan fingerprint density at radius 3 is 2.75 bits per heavy atom. The summed E-state index contributed by atoms with van der Waals surface area (Å²) in [7, 11) is 1.87. The largest absolute Gasteiger partial charge is 0.388 e. The van der Waals surface area contributed by atoms with Crippen molar-refractivity contribution in [3.8, 4) is 11.8 Å². The molecule has 2 aromatic heterocycles. The first kappa shape index (κ1) is 12.6. The minimum absolute atomic E-state index is 0.497. The molecule has 0 bridgehead atoms. The van der Waals surface area contributed by atoms with Gasteiger partial charge in [-0.25, -0.2) is 9.97 Å². The van der Waals surface area contributed by atoms with Crippen molar-refractivity contribution in [1.29, 1.82) is 0 Å². The zero-order valence-electron chi connectivity index (χ0n) is 10.6. The Morgan fingerprint density at radius 2 is 2.00 bits per heavy atom. The highest BCUT2D eigenvalue weighted by atomic mass is 32.1. The number of hydrogen-bond donors (Lipinski definition) is 1. The van der Waals surface area contributed by atoms with Gasteiger partial charge in [0.1, 0.15) is 5.52 Å². The average molecular weight is 283 g/mol. The summed E-state index contributed by atoms with van der Waals surface area (Å²) in [6.45, 7) is 0. The molecule has 0 aliphatic carbocycles. The number of hydrogen-bond acceptors (Lipinski definition) is 4. The number of aromatic nitrogens is 2. The van der Waals surface area contributed by atoms with Crippen LogP contribution in [0.4, 0.5) is 10.1 Å². The third-order valence-corrected chi connectivity index (χ3v) is 3.66. The van der Waals surface area contributed by atoms with Crippen LogP contribution in [0.15, 0.2) is 36.5 Å². The van der Waals surface area contributed by atoms with Gasteiger partial charge >= 0.3 is 0 Å². The maximum atomic E-state index is 13.0. The molecule has 3 nitrogen and oxygen atoms in total. The molecule has 0 aliphatic heterocycles. The van der Waals surface area contributed by atoms with E-state index in [1.165, 1.54) is 23.6 Å². The molecule has 0 unspecified atom stereocenters. The van der Waals surface area contributed by atoms with Gasteiger partial charge in [-0.2, -0.15) is 4.39 Å². The summed E-state index contributed by atoms with van der Waals surface area (Å²) in [5, 5.41) is 3.71. The molecule has 0 aliphatic rings. The lowest BCUT2D eigenvalue weighted by Gasteiger charge is -1.97. The number of nitrogens with one attached hydrogen (secondary N) is 1. The first-order chi connectivity index (χ1) is 9.74. The van der Waals surface area contributed by atoms with E-state index in [2.05, 4.69) is 27.1 Å². The van der Waals surface area contributed by atoms with E-state index in [9.17, 15) is 4.39 Å². The highest BCUT2D eigenvalue weighted by Crippen LogP contribution is 2.21. The molecule has 98 valence electrons. The van der Waals surface area contributed by atoms with E-state index in [0.29, 0.717) is 10.5 Å². The van der Waals surface area contributed by atoms with Gasteiger partial charge in [-0.1, -0.05) is 5.92 Å². The van der Waals surface area contributed by atoms with E-state index in [-0.39, 0.29) is 0 Å². The summed E-state index contributed by atoms with van der Waals surface area (Å²) >= 11 is 1.36. The smallest absolute Gasteiger partial charge is 0.214 e. The van der Waals surface area contributed by atoms with E-state index in [0.717, 1.165) is 16.0 Å². The molecule has 0 saturated heterocycles. The summed E-state index contributed by atoms with van der Waals surface area (Å²) < 4.78 is 13.8. The van der Waals surface area contributed by atoms with Crippen LogP contribution in [-0.2, 0) is 0 Å². The van der Waals surface area contributed by atoms with Crippen LogP contribution in [0.3, 0.4) is 0 Å². The molecule has 20 heavy (non-hydrogen) atoms. The molecule has 0 radical (unpaired) electrons. The van der Waals surface area contributed by atoms with Crippen LogP contribution in [0, 0.1) is 17.8 Å². The van der Waals surface area contributed by atoms with Crippen molar-refractivity contribution in [2.75, 3.05) is 12.4 Å². The fourth-order valence-corrected chi connectivity index (χ4v) is 2.52. The molecule has 1 aromatic carbocycles. The average Bonchev–Trinajstić information content (AvgIpc) is 2.87. The minimum Gasteiger partial charge on any atom is -0.388 e. The summed E-state index contributed by atoms with van der Waals surface area (Å²) in [5.74, 6) is 5.54. The van der Waals surface area contributed by atoms with Crippen molar-refractivity contribution in [3.05, 3.63) is 53.0 Å². The molecule has 5 heteroatoms. The van der Waals surface area contributed by atoms with Crippen LogP contribution in [0.5, 0.6) is 0 Å². The molecule has 3 aromatic rings. The lowest BCUT2D eigenvalue weighted by Crippen LogP contribution is -1.86. The Kier molecular flexibility index (Phi) is 3.32. The lowest BCUT2D eigenvalue weighted by atomic mass is 10.2. The van der Waals surface area contributed by atoms with Crippen LogP contribution in [0.2, 0.25) is 0 Å². The van der Waals surface area contributed by atoms with Crippen LogP contribution in [0.25, 0.3) is 10.2 Å². The topological polar surface area (TPSA) is 37.8 Å². The molecule has 0 fully saturated rings. The molecule has 2 heterocycles. The fraction of sp³-hybridized carbons (Fsp3) is 0.0667. The summed E-state index contributed by atoms with van der Waals surface area (Å²) in [4.78, 5) is 7.89. The number of rotatable bonds is 1. The van der Waals surface area contributed by atoms with Crippen LogP contribution in [-0.4, -0.2) is 17.0 Å². The van der Waals surface area contributed by atoms with E-state index in [1.54, 1.807) is 0 Å². The molecular weight excluding hydrogens is 273 g/mol. The summed E-state index contributed by atoms with van der Waals surface area (Å²) in [5.41, 5.74) is 2.62. The Labute approximate surface area is 119 Å². The molecular formula is C15H10FN3S. The van der Waals surface area contributed by atoms with Gasteiger partial charge in [-0.15, -0.1) is 11.3 Å². The van der Waals surface area contributed by atoms with Crippen LogP contribution >= 0.6 is 11.3 Å². The Bertz CT molecular complexity index is 812. The monoisotopic (exact) mass is 283 g/mol. The van der Waals surface area contributed by atoms with Crippen molar-refractivity contribution in [3.63, 3.8) is 0 Å². The summed E-state index contributed by atoms with van der Waals surface area (Å²) in [6, 6.07) is 9.17. The van der Waals surface area contributed by atoms with Crippen LogP contribution < -0.4 is 5.32 Å². The van der Waals surface area contributed by atoms with E-state index in [1.807, 2.05) is 31.3 Å². The third-order valence-electron chi connectivity index (χ3n) is 2.73. The first-order valence-corrected chi connectivity index (χ1v) is 6.78. The number of fused-ring (bicyclic) bond motifs is 1. The lowest BCUT2D eigenvalue weighted by molar-refractivity contribution is 0.586. The number of thiazole rings is 1. The van der Waals surface area contributed by atoms with Gasteiger partial charge < -0.3 is 5.32 Å². The van der Waals surface area contributed by atoms with Crippen molar-refractivity contribution in [2.45, 2.75) is 0 Å². The van der Waals surface area contributed by atoms with E-state index < -0.39 is 5.95 Å². The van der Waals surface area contributed by atoms with Crippen molar-refractivity contribution in [1.82, 2.24) is 9.97 Å². The second kappa shape index (κ2) is 5.27. The predicted octanol–water partition coefficient (Wildman–Crippen LogP) is 3.27. The van der Waals surface area contributed by atoms with Gasteiger partial charge in [0.2, 0.25) is 5.95 Å². The van der Waals surface area contributed by atoms with Gasteiger partial charge in [0.05, 0.1) is 10.9 Å². The van der Waals surface area contributed by atoms with Gasteiger partial charge in [0.15, 0.2) is 5.01 Å². The van der Waals surface area contributed by atoms with E-state index >= 15 is 0 Å². The van der Waals surface area contributed by atoms with Crippen molar-refractivity contribution >= 4 is 27.2 Å². The number of nitrogens with zero attached hydrogens (tertiary/aromatic N) is 2. The maximum absolute atomic E-state index is 13.0. The minimum atomic E-state index is -0.497. The number of anilines is 1. The van der Waals surface area contributed by atoms with Gasteiger partial charge in [-0.05, 0) is 30.2 Å². The summed E-state index contributed by atoms with van der Waals surface area (Å²) in [6.07, 6.45) is 1.42. The predicted molar refractivity (Wildman–Crippen MR) is 79.3 cm³/mol. The molecule has 0 amide bonds. The Morgan fingerprint density at radius 1 is 1.20 bits per heavy atom. The molecule has 0 spiro atoms. The molecule has 1 N–H and O–H groups in total. The SMILES string of the molecule is CNc1ccc(C#Cc2nc3cnc(F)cc3s2)cc1. The maximum Gasteiger partial charge on any atom is 0.214 e. The quantitative estimate of drug-likeness (QED) is 0.550. The Hall–Kier alpha value is -2.45. The first-order valence-electron chi connectivity index (χ1n) is 5.96. The zero-order chi connectivity index (χ0) is 13.9. The van der Waals surface area contributed by atoms with E-state index in [4.69, 9.17) is 0 Å². The van der Waals surface area contributed by atoms with Gasteiger partial charge in [0, 0.05) is 24.4 Å². The highest BCUT2D eigenvalue weighted by Gasteiger charge is 2.03. The highest BCUT2D eigenvalue weighted by molar-refractivity contribution is 7.19. The molecule has 3 rings (SSSR count). The second-order valence-corrected chi connectivity index (χ2v) is 5.10. The number of pyridine rings is 1. The number of halogens is 1. The van der Waals surface area contributed by atoms with Gasteiger partial charge in [-0.3, -0.25) is 0 Å². The normalized spacial score (nSPS) is 10.1. The molecule has 0 saturated carbocycles. The van der Waals surface area contributed by atoms with Gasteiger partial charge in [0.25, 0.3) is 0 Å². The Balaban J connectivity index is 1.90. The standard InChI is InChI=1S/C15H10FN3S/c1-17-11-5-2-10(3-6-11)4-7-15-19-12-9-18-14(16)8-13(12)20-15/h2-3,5-6,8-9,17H,1H3. The van der Waals surface area contributed by atoms with Crippen molar-refractivity contribution in [2.24, 2.45) is 0 Å². The fourth-order valence-electron chi connectivity index (χ4n) is 1.71. The molecule has 0 atom stereocenters. The second-order valence-electron chi connectivity index (χ2n) is 4.07. The van der Waals surface area contributed by atoms with Crippen molar-refractivity contribution < 1.29 is 4.39 Å². The third kappa shape index (κ3) is 2.60. The number of benzene rings is 1. The van der Waals surface area contributed by atoms with Crippen LogP contribution in [0.1, 0.15) is 10.6 Å². The zero-order valence-corrected chi connectivity index (χ0v) is 11.5.